The molecule has 94 valence electrons. The Morgan fingerprint density at radius 2 is 2.25 bits per heavy atom. The van der Waals surface area contributed by atoms with Gasteiger partial charge < -0.3 is 10.3 Å². The van der Waals surface area contributed by atoms with E-state index in [2.05, 4.69) is 5.16 Å². The van der Waals surface area contributed by atoms with Crippen LogP contribution in [-0.2, 0) is 4.79 Å². The normalized spacial score (nSPS) is 24.4. The smallest absolute Gasteiger partial charge is 0.304 e. The zero-order valence-corrected chi connectivity index (χ0v) is 10.7. The van der Waals surface area contributed by atoms with E-state index in [-0.39, 0.29) is 17.2 Å². The molecule has 0 aromatic rings. The number of carboxylic acid groups (broad SMARTS) is 1. The number of hydrogen-bond donors (Lipinski definition) is 2. The summed E-state index contributed by atoms with van der Waals surface area (Å²) < 4.78 is 0. The van der Waals surface area contributed by atoms with Crippen molar-refractivity contribution in [2.75, 3.05) is 0 Å². The van der Waals surface area contributed by atoms with Gasteiger partial charge in [0.1, 0.15) is 0 Å². The molecule has 0 radical (unpaired) electrons. The number of halogens is 2. The summed E-state index contributed by atoms with van der Waals surface area (Å²) >= 11 is 11.1. The molecule has 16 heavy (non-hydrogen) atoms. The average Bonchev–Trinajstić information content (AvgIpc) is 2.17. The predicted molar refractivity (Wildman–Crippen MR) is 64.9 cm³/mol. The minimum atomic E-state index is -0.845. The van der Waals surface area contributed by atoms with Crippen molar-refractivity contribution >= 4 is 34.9 Å². The van der Waals surface area contributed by atoms with Crippen molar-refractivity contribution in [1.29, 1.82) is 0 Å². The summed E-state index contributed by atoms with van der Waals surface area (Å²) in [5, 5.41) is 19.2. The van der Waals surface area contributed by atoms with Gasteiger partial charge in [0.2, 0.25) is 0 Å². The second kappa shape index (κ2) is 8.65. The summed E-state index contributed by atoms with van der Waals surface area (Å²) in [5.74, 6) is -0.845. The minimum Gasteiger partial charge on any atom is -0.481 e. The molecule has 0 aromatic carbocycles. The van der Waals surface area contributed by atoms with Gasteiger partial charge in [-0.1, -0.05) is 11.6 Å². The molecule has 0 bridgehead atoms. The van der Waals surface area contributed by atoms with Crippen LogP contribution in [0, 0.1) is 0 Å². The topological polar surface area (TPSA) is 69.9 Å². The molecule has 0 amide bonds. The van der Waals surface area contributed by atoms with Gasteiger partial charge in [-0.3, -0.25) is 4.79 Å². The lowest BCUT2D eigenvalue weighted by Crippen LogP contribution is -2.18. The first-order chi connectivity index (χ1) is 7.47. The third-order valence-corrected chi connectivity index (χ3v) is 2.71. The van der Waals surface area contributed by atoms with Crippen LogP contribution >= 0.6 is 23.2 Å². The summed E-state index contributed by atoms with van der Waals surface area (Å²) in [6.45, 7) is 1.65. The molecular formula is C10H17Cl2NO3. The molecule has 0 spiro atoms. The Hall–Kier alpha value is -0.480. The van der Waals surface area contributed by atoms with E-state index >= 15 is 0 Å². The predicted octanol–water partition coefficient (Wildman–Crippen LogP) is 3.09. The van der Waals surface area contributed by atoms with Gasteiger partial charge in [0.05, 0.1) is 17.5 Å². The van der Waals surface area contributed by atoms with E-state index in [1.165, 1.54) is 0 Å². The van der Waals surface area contributed by atoms with Crippen molar-refractivity contribution in [3.63, 3.8) is 0 Å². The van der Waals surface area contributed by atoms with E-state index in [0.717, 1.165) is 31.4 Å². The van der Waals surface area contributed by atoms with E-state index in [0.29, 0.717) is 0 Å². The Kier molecular flexibility index (Phi) is 8.39. The molecule has 2 unspecified atom stereocenters. The Labute approximate surface area is 105 Å². The quantitative estimate of drug-likeness (QED) is 0.460. The van der Waals surface area contributed by atoms with Gasteiger partial charge in [0.25, 0.3) is 0 Å². The fourth-order valence-corrected chi connectivity index (χ4v) is 1.75. The van der Waals surface area contributed by atoms with Crippen molar-refractivity contribution in [2.45, 2.75) is 49.8 Å². The zero-order valence-electron chi connectivity index (χ0n) is 9.20. The number of alkyl halides is 2. The lowest BCUT2D eigenvalue weighted by molar-refractivity contribution is -0.136. The van der Waals surface area contributed by atoms with Gasteiger partial charge >= 0.3 is 5.97 Å². The monoisotopic (exact) mass is 269 g/mol. The van der Waals surface area contributed by atoms with Crippen LogP contribution in [0.15, 0.2) is 5.16 Å². The summed E-state index contributed by atoms with van der Waals surface area (Å²) in [6, 6.07) is 0. The summed E-state index contributed by atoms with van der Waals surface area (Å²) in [5.41, 5.74) is 0.753. The number of nitrogens with zero attached hydrogens (tertiary/aromatic N) is 1. The van der Waals surface area contributed by atoms with Crippen molar-refractivity contribution in [3.05, 3.63) is 0 Å². The van der Waals surface area contributed by atoms with Gasteiger partial charge in [0.15, 0.2) is 0 Å². The highest BCUT2D eigenvalue weighted by molar-refractivity contribution is 6.32. The first-order valence-electron chi connectivity index (χ1n) is 5.18. The molecule has 6 heteroatoms. The standard InChI is InChI=1S/C6H10ClNO.C4H7ClO2/c7-5-3-1-2-4-6(5)8-9;1-3(5)2-4(6)7/h5,9H,1-4H2;3H,2H2,1H3,(H,6,7). The largest absolute Gasteiger partial charge is 0.481 e. The first kappa shape index (κ1) is 15.5. The van der Waals surface area contributed by atoms with E-state index in [1.54, 1.807) is 6.92 Å². The molecular weight excluding hydrogens is 253 g/mol. The van der Waals surface area contributed by atoms with E-state index in [9.17, 15) is 4.79 Å². The third-order valence-electron chi connectivity index (χ3n) is 2.09. The van der Waals surface area contributed by atoms with Gasteiger partial charge in [-0.25, -0.2) is 0 Å². The van der Waals surface area contributed by atoms with Crippen LogP contribution in [-0.4, -0.2) is 32.7 Å². The maximum absolute atomic E-state index is 9.73. The molecule has 1 saturated carbocycles. The molecule has 1 rings (SSSR count). The lowest BCUT2D eigenvalue weighted by Gasteiger charge is -2.15. The molecule has 1 aliphatic carbocycles. The van der Waals surface area contributed by atoms with E-state index < -0.39 is 5.97 Å². The average molecular weight is 270 g/mol. The van der Waals surface area contributed by atoms with Crippen molar-refractivity contribution in [1.82, 2.24) is 0 Å². The van der Waals surface area contributed by atoms with E-state index in [4.69, 9.17) is 33.5 Å². The number of hydrogen-bond acceptors (Lipinski definition) is 3. The number of aliphatic carboxylic acids is 1. The zero-order chi connectivity index (χ0) is 12.6. The molecule has 1 aliphatic rings. The highest BCUT2D eigenvalue weighted by Crippen LogP contribution is 2.19. The van der Waals surface area contributed by atoms with Crippen LogP contribution in [0.25, 0.3) is 0 Å². The fraction of sp³-hybridized carbons (Fsp3) is 0.800. The number of oxime groups is 1. The third kappa shape index (κ3) is 7.77. The fourth-order valence-electron chi connectivity index (χ4n) is 1.31. The van der Waals surface area contributed by atoms with Gasteiger partial charge in [-0.15, -0.1) is 23.2 Å². The molecule has 0 heterocycles. The SMILES string of the molecule is CC(Cl)CC(=O)O.ON=C1CCCCC1Cl. The lowest BCUT2D eigenvalue weighted by atomic mass is 9.98. The van der Waals surface area contributed by atoms with Crippen LogP contribution in [0.5, 0.6) is 0 Å². The highest BCUT2D eigenvalue weighted by Gasteiger charge is 2.17. The highest BCUT2D eigenvalue weighted by atomic mass is 35.5. The van der Waals surface area contributed by atoms with Crippen molar-refractivity contribution in [3.8, 4) is 0 Å². The maximum Gasteiger partial charge on any atom is 0.304 e. The molecule has 0 saturated heterocycles. The second-order valence-electron chi connectivity index (χ2n) is 3.68. The minimum absolute atomic E-state index is 0.0104. The Balaban J connectivity index is 0.000000293. The molecule has 2 N–H and O–H groups in total. The van der Waals surface area contributed by atoms with Crippen LogP contribution in [0.4, 0.5) is 0 Å². The van der Waals surface area contributed by atoms with Crippen LogP contribution < -0.4 is 0 Å². The Bertz CT molecular complexity index is 244. The van der Waals surface area contributed by atoms with Crippen LogP contribution in [0.3, 0.4) is 0 Å². The first-order valence-corrected chi connectivity index (χ1v) is 6.05. The molecule has 0 aliphatic heterocycles. The maximum atomic E-state index is 9.73. The van der Waals surface area contributed by atoms with Gasteiger partial charge in [-0.2, -0.15) is 0 Å². The van der Waals surface area contributed by atoms with Crippen LogP contribution in [0.2, 0.25) is 0 Å². The number of carboxylic acids is 1. The van der Waals surface area contributed by atoms with Crippen molar-refractivity contribution < 1.29 is 15.1 Å². The van der Waals surface area contributed by atoms with Gasteiger partial charge in [-0.05, 0) is 26.2 Å². The summed E-state index contributed by atoms with van der Waals surface area (Å²) in [7, 11) is 0. The van der Waals surface area contributed by atoms with Crippen LogP contribution in [0.1, 0.15) is 39.0 Å². The molecule has 4 nitrogen and oxygen atoms in total. The molecule has 2 atom stereocenters. The van der Waals surface area contributed by atoms with Crippen molar-refractivity contribution in [2.24, 2.45) is 5.16 Å². The molecule has 0 aromatic heterocycles. The Morgan fingerprint density at radius 1 is 1.62 bits per heavy atom. The van der Waals surface area contributed by atoms with Gasteiger partial charge in [0, 0.05) is 5.38 Å². The number of rotatable bonds is 2. The second-order valence-corrected chi connectivity index (χ2v) is 4.96. The Morgan fingerprint density at radius 3 is 2.50 bits per heavy atom. The van der Waals surface area contributed by atoms with E-state index in [1.807, 2.05) is 0 Å². The molecule has 1 fully saturated rings. The summed E-state index contributed by atoms with van der Waals surface area (Å²) in [6.07, 6.45) is 4.14. The number of carbonyl (C=O) groups is 1. The summed E-state index contributed by atoms with van der Waals surface area (Å²) in [4.78, 5) is 9.73.